The van der Waals surface area contributed by atoms with Gasteiger partial charge in [-0.2, -0.15) is 0 Å². The lowest BCUT2D eigenvalue weighted by molar-refractivity contribution is 0.185. The lowest BCUT2D eigenvalue weighted by Crippen LogP contribution is -2.32. The molecule has 1 saturated heterocycles. The minimum absolute atomic E-state index is 0.209. The second-order valence-electron chi connectivity index (χ2n) is 4.41. The molecule has 2 rings (SSSR count). The maximum Gasteiger partial charge on any atom is 0.223 e. The molecule has 0 aromatic carbocycles. The third kappa shape index (κ3) is 3.06. The summed E-state index contributed by atoms with van der Waals surface area (Å²) in [4.78, 5) is 10.3. The summed E-state index contributed by atoms with van der Waals surface area (Å²) in [6.45, 7) is 5.37. The Balaban J connectivity index is 1.98. The van der Waals surface area contributed by atoms with Crippen LogP contribution in [0.15, 0.2) is 6.20 Å². The monoisotopic (exact) mass is 259 g/mol. The molecule has 1 aromatic heterocycles. The molecule has 0 N–H and O–H groups in total. The fourth-order valence-corrected chi connectivity index (χ4v) is 2.30. The van der Waals surface area contributed by atoms with Crippen LogP contribution in [-0.4, -0.2) is 28.0 Å². The SMILES string of the molecule is CC1CCN(Cc2cnc(Cl)nc2Cl)CC1. The first kappa shape index (κ1) is 12.1. The average Bonchev–Trinajstić information content (AvgIpc) is 2.25. The van der Waals surface area contributed by atoms with E-state index in [0.29, 0.717) is 5.15 Å². The van der Waals surface area contributed by atoms with E-state index in [9.17, 15) is 0 Å². The molecule has 0 atom stereocenters. The van der Waals surface area contributed by atoms with Crippen LogP contribution < -0.4 is 0 Å². The Kier molecular flexibility index (Phi) is 4.00. The third-order valence-corrected chi connectivity index (χ3v) is 3.56. The molecule has 0 aliphatic carbocycles. The van der Waals surface area contributed by atoms with Crippen LogP contribution in [0.5, 0.6) is 0 Å². The molecule has 1 aromatic rings. The van der Waals surface area contributed by atoms with Gasteiger partial charge in [0.2, 0.25) is 5.28 Å². The van der Waals surface area contributed by atoms with Gasteiger partial charge in [0.1, 0.15) is 5.15 Å². The number of halogens is 2. The Bertz CT molecular complexity index is 362. The molecule has 0 amide bonds. The highest BCUT2D eigenvalue weighted by Crippen LogP contribution is 2.21. The first-order chi connectivity index (χ1) is 7.65. The highest BCUT2D eigenvalue weighted by Gasteiger charge is 2.17. The lowest BCUT2D eigenvalue weighted by Gasteiger charge is -2.30. The van der Waals surface area contributed by atoms with Gasteiger partial charge in [-0.05, 0) is 43.5 Å². The highest BCUT2D eigenvalue weighted by atomic mass is 35.5. The molecule has 1 fully saturated rings. The van der Waals surface area contributed by atoms with Gasteiger partial charge in [0.05, 0.1) is 0 Å². The van der Waals surface area contributed by atoms with Crippen LogP contribution in [0.25, 0.3) is 0 Å². The number of aromatic nitrogens is 2. The zero-order chi connectivity index (χ0) is 11.5. The summed E-state index contributed by atoms with van der Waals surface area (Å²) in [6, 6.07) is 0. The third-order valence-electron chi connectivity index (χ3n) is 3.05. The molecule has 0 bridgehead atoms. The van der Waals surface area contributed by atoms with Crippen molar-refractivity contribution in [2.45, 2.75) is 26.3 Å². The predicted octanol–water partition coefficient (Wildman–Crippen LogP) is 3.02. The Hall–Kier alpha value is -0.380. The maximum absolute atomic E-state index is 6.02. The molecule has 2 heterocycles. The van der Waals surface area contributed by atoms with E-state index in [1.807, 2.05) is 0 Å². The van der Waals surface area contributed by atoms with Gasteiger partial charge in [-0.15, -0.1) is 0 Å². The average molecular weight is 260 g/mol. The van der Waals surface area contributed by atoms with Crippen LogP contribution in [0, 0.1) is 5.92 Å². The molecule has 0 radical (unpaired) electrons. The summed E-state index contributed by atoms with van der Waals surface area (Å²) in [5, 5.41) is 0.680. The molecular formula is C11H15Cl2N3. The number of likely N-dealkylation sites (tertiary alicyclic amines) is 1. The molecule has 16 heavy (non-hydrogen) atoms. The van der Waals surface area contributed by atoms with Crippen LogP contribution in [0.3, 0.4) is 0 Å². The molecule has 0 saturated carbocycles. The minimum Gasteiger partial charge on any atom is -0.299 e. The minimum atomic E-state index is 0.209. The molecule has 88 valence electrons. The zero-order valence-corrected chi connectivity index (χ0v) is 10.8. The Morgan fingerprint density at radius 1 is 1.38 bits per heavy atom. The van der Waals surface area contributed by atoms with E-state index in [4.69, 9.17) is 23.2 Å². The van der Waals surface area contributed by atoms with E-state index in [0.717, 1.165) is 31.1 Å². The van der Waals surface area contributed by atoms with Crippen LogP contribution in [0.1, 0.15) is 25.3 Å². The Morgan fingerprint density at radius 2 is 2.06 bits per heavy atom. The second kappa shape index (κ2) is 5.30. The highest BCUT2D eigenvalue weighted by molar-refractivity contribution is 6.32. The van der Waals surface area contributed by atoms with Crippen LogP contribution in [0.4, 0.5) is 0 Å². The van der Waals surface area contributed by atoms with E-state index in [1.165, 1.54) is 12.8 Å². The van der Waals surface area contributed by atoms with Gasteiger partial charge >= 0.3 is 0 Å². The fraction of sp³-hybridized carbons (Fsp3) is 0.636. The van der Waals surface area contributed by atoms with E-state index < -0.39 is 0 Å². The van der Waals surface area contributed by atoms with Gasteiger partial charge in [-0.1, -0.05) is 18.5 Å². The van der Waals surface area contributed by atoms with Crippen molar-refractivity contribution in [2.75, 3.05) is 13.1 Å². The van der Waals surface area contributed by atoms with Crippen molar-refractivity contribution in [3.05, 3.63) is 22.2 Å². The summed E-state index contributed by atoms with van der Waals surface area (Å²) < 4.78 is 0. The summed E-state index contributed by atoms with van der Waals surface area (Å²) in [5.41, 5.74) is 0.959. The number of hydrogen-bond acceptors (Lipinski definition) is 3. The van der Waals surface area contributed by atoms with Crippen molar-refractivity contribution in [2.24, 2.45) is 5.92 Å². The van der Waals surface area contributed by atoms with Crippen molar-refractivity contribution < 1.29 is 0 Å². The lowest BCUT2D eigenvalue weighted by atomic mass is 9.99. The van der Waals surface area contributed by atoms with E-state index in [2.05, 4.69) is 21.8 Å². The van der Waals surface area contributed by atoms with Crippen LogP contribution >= 0.6 is 23.2 Å². The van der Waals surface area contributed by atoms with Crippen molar-refractivity contribution in [3.63, 3.8) is 0 Å². The summed E-state index contributed by atoms with van der Waals surface area (Å²) in [6.07, 6.45) is 4.23. The smallest absolute Gasteiger partial charge is 0.223 e. The summed E-state index contributed by atoms with van der Waals surface area (Å²) in [5.74, 6) is 0.841. The predicted molar refractivity (Wildman–Crippen MR) is 65.7 cm³/mol. The molecule has 0 spiro atoms. The van der Waals surface area contributed by atoms with Crippen molar-refractivity contribution in [3.8, 4) is 0 Å². The Labute approximate surface area is 106 Å². The first-order valence-corrected chi connectivity index (χ1v) is 6.30. The van der Waals surface area contributed by atoms with Crippen molar-refractivity contribution >= 4 is 23.2 Å². The maximum atomic E-state index is 6.02. The van der Waals surface area contributed by atoms with Gasteiger partial charge in [-0.25, -0.2) is 9.97 Å². The van der Waals surface area contributed by atoms with Crippen LogP contribution in [-0.2, 0) is 6.54 Å². The number of rotatable bonds is 2. The summed E-state index contributed by atoms with van der Waals surface area (Å²) in [7, 11) is 0. The van der Waals surface area contributed by atoms with Gasteiger partial charge in [0, 0.05) is 18.3 Å². The van der Waals surface area contributed by atoms with Crippen LogP contribution in [0.2, 0.25) is 10.4 Å². The van der Waals surface area contributed by atoms with E-state index >= 15 is 0 Å². The van der Waals surface area contributed by atoms with Gasteiger partial charge in [0.15, 0.2) is 0 Å². The number of hydrogen-bond donors (Lipinski definition) is 0. The van der Waals surface area contributed by atoms with Crippen molar-refractivity contribution in [1.82, 2.24) is 14.9 Å². The molecular weight excluding hydrogens is 245 g/mol. The van der Waals surface area contributed by atoms with E-state index in [1.54, 1.807) is 6.20 Å². The molecule has 0 unspecified atom stereocenters. The quantitative estimate of drug-likeness (QED) is 0.604. The molecule has 1 aliphatic rings. The van der Waals surface area contributed by atoms with Gasteiger partial charge in [-0.3, -0.25) is 4.90 Å². The van der Waals surface area contributed by atoms with Gasteiger partial charge in [0.25, 0.3) is 0 Å². The first-order valence-electron chi connectivity index (χ1n) is 5.54. The van der Waals surface area contributed by atoms with Crippen molar-refractivity contribution in [1.29, 1.82) is 0 Å². The molecule has 3 nitrogen and oxygen atoms in total. The topological polar surface area (TPSA) is 29.0 Å². The normalized spacial score (nSPS) is 18.9. The van der Waals surface area contributed by atoms with Gasteiger partial charge < -0.3 is 0 Å². The zero-order valence-electron chi connectivity index (χ0n) is 9.29. The fourth-order valence-electron chi connectivity index (χ4n) is 1.93. The largest absolute Gasteiger partial charge is 0.299 e. The number of nitrogens with zero attached hydrogens (tertiary/aromatic N) is 3. The second-order valence-corrected chi connectivity index (χ2v) is 5.11. The molecule has 5 heteroatoms. The van der Waals surface area contributed by atoms with E-state index in [-0.39, 0.29) is 5.28 Å². The molecule has 1 aliphatic heterocycles. The standard InChI is InChI=1S/C11H15Cl2N3/c1-8-2-4-16(5-3-8)7-9-6-14-11(13)15-10(9)12/h6,8H,2-5,7H2,1H3. The summed E-state index contributed by atoms with van der Waals surface area (Å²) >= 11 is 11.7. The Morgan fingerprint density at radius 3 is 2.69 bits per heavy atom. The number of piperidine rings is 1.